The maximum absolute atomic E-state index is 12.5. The fourth-order valence-electron chi connectivity index (χ4n) is 1.18. The molecule has 0 saturated carbocycles. The molecule has 1 aromatic heterocycles. The van der Waals surface area contributed by atoms with Gasteiger partial charge in [-0.25, -0.2) is 18.6 Å². The number of carbonyl (C=O) groups is 1. The summed E-state index contributed by atoms with van der Waals surface area (Å²) >= 11 is 0. The zero-order valence-corrected chi connectivity index (χ0v) is 8.83. The molecule has 0 aliphatic heterocycles. The highest BCUT2D eigenvalue weighted by Crippen LogP contribution is 2.26. The summed E-state index contributed by atoms with van der Waals surface area (Å²) in [7, 11) is 0. The zero-order valence-electron chi connectivity index (χ0n) is 8.83. The Bertz CT molecular complexity index is 407. The van der Waals surface area contributed by atoms with Crippen molar-refractivity contribution in [1.29, 1.82) is 0 Å². The fourth-order valence-corrected chi connectivity index (χ4v) is 1.18. The number of carbonyl (C=O) groups excluding carboxylic acids is 1. The van der Waals surface area contributed by atoms with Gasteiger partial charge >= 0.3 is 5.97 Å². The van der Waals surface area contributed by atoms with Gasteiger partial charge in [0, 0.05) is 0 Å². The van der Waals surface area contributed by atoms with Gasteiger partial charge < -0.3 is 9.84 Å². The van der Waals surface area contributed by atoms with Crippen molar-refractivity contribution in [3.05, 3.63) is 23.0 Å². The second-order valence-electron chi connectivity index (χ2n) is 3.08. The Labute approximate surface area is 90.9 Å². The van der Waals surface area contributed by atoms with E-state index >= 15 is 0 Å². The number of halogens is 2. The number of alkyl halides is 2. The van der Waals surface area contributed by atoms with Gasteiger partial charge in [-0.15, -0.1) is 0 Å². The summed E-state index contributed by atoms with van der Waals surface area (Å²) < 4.78 is 29.6. The van der Waals surface area contributed by atoms with Crippen LogP contribution in [0.1, 0.15) is 35.1 Å². The summed E-state index contributed by atoms with van der Waals surface area (Å²) in [5, 5.41) is 9.39. The van der Waals surface area contributed by atoms with Crippen LogP contribution in [-0.4, -0.2) is 22.7 Å². The molecule has 0 atom stereocenters. The molecular formula is C10H11F2NO3. The molecule has 0 aliphatic rings. The normalized spacial score (nSPS) is 10.6. The average Bonchev–Trinajstić information content (AvgIpc) is 2.17. The topological polar surface area (TPSA) is 59.4 Å². The van der Waals surface area contributed by atoms with Crippen LogP contribution in [0.25, 0.3) is 0 Å². The number of aromatic hydroxyl groups is 1. The molecule has 0 aromatic carbocycles. The molecule has 16 heavy (non-hydrogen) atoms. The lowest BCUT2D eigenvalue weighted by molar-refractivity contribution is 0.0514. The van der Waals surface area contributed by atoms with Gasteiger partial charge in [-0.3, -0.25) is 0 Å². The van der Waals surface area contributed by atoms with Crippen molar-refractivity contribution in [3.63, 3.8) is 0 Å². The molecule has 1 heterocycles. The molecule has 0 fully saturated rings. The molecule has 88 valence electrons. The van der Waals surface area contributed by atoms with Crippen molar-refractivity contribution in [2.24, 2.45) is 0 Å². The standard InChI is InChI=1S/C10H11F2NO3/c1-3-16-10(15)8-6(14)4-5(2)7(13-8)9(11)12/h4,9,14H,3H2,1-2H3. The van der Waals surface area contributed by atoms with Gasteiger partial charge in [0.2, 0.25) is 0 Å². The first kappa shape index (κ1) is 12.4. The Morgan fingerprint density at radius 3 is 2.75 bits per heavy atom. The lowest BCUT2D eigenvalue weighted by Gasteiger charge is -2.08. The van der Waals surface area contributed by atoms with E-state index < -0.39 is 29.5 Å². The van der Waals surface area contributed by atoms with Crippen molar-refractivity contribution in [1.82, 2.24) is 4.98 Å². The molecule has 0 spiro atoms. The highest BCUT2D eigenvalue weighted by Gasteiger charge is 2.21. The van der Waals surface area contributed by atoms with E-state index in [1.165, 1.54) is 6.92 Å². The predicted molar refractivity (Wildman–Crippen MR) is 51.6 cm³/mol. The van der Waals surface area contributed by atoms with Gasteiger partial charge in [0.1, 0.15) is 11.4 Å². The van der Waals surface area contributed by atoms with E-state index in [2.05, 4.69) is 9.72 Å². The van der Waals surface area contributed by atoms with Crippen LogP contribution in [0.3, 0.4) is 0 Å². The first-order valence-corrected chi connectivity index (χ1v) is 4.63. The first-order valence-electron chi connectivity index (χ1n) is 4.63. The van der Waals surface area contributed by atoms with E-state index in [9.17, 15) is 18.7 Å². The Morgan fingerprint density at radius 2 is 2.25 bits per heavy atom. The number of esters is 1. The minimum atomic E-state index is -2.80. The van der Waals surface area contributed by atoms with Gasteiger partial charge in [0.15, 0.2) is 5.69 Å². The monoisotopic (exact) mass is 231 g/mol. The van der Waals surface area contributed by atoms with Crippen LogP contribution in [0.5, 0.6) is 5.75 Å². The molecule has 0 amide bonds. The van der Waals surface area contributed by atoms with E-state index in [1.54, 1.807) is 6.92 Å². The molecule has 1 rings (SSSR count). The second-order valence-corrected chi connectivity index (χ2v) is 3.08. The number of aryl methyl sites for hydroxylation is 1. The maximum atomic E-state index is 12.5. The number of hydrogen-bond donors (Lipinski definition) is 1. The number of rotatable bonds is 3. The van der Waals surface area contributed by atoms with Crippen LogP contribution in [0.2, 0.25) is 0 Å². The number of nitrogens with zero attached hydrogens (tertiary/aromatic N) is 1. The lowest BCUT2D eigenvalue weighted by Crippen LogP contribution is -2.10. The van der Waals surface area contributed by atoms with Crippen LogP contribution < -0.4 is 0 Å². The van der Waals surface area contributed by atoms with Crippen molar-refractivity contribution < 1.29 is 23.4 Å². The van der Waals surface area contributed by atoms with E-state index in [-0.39, 0.29) is 12.2 Å². The third-order valence-electron chi connectivity index (χ3n) is 1.91. The summed E-state index contributed by atoms with van der Waals surface area (Å²) in [4.78, 5) is 14.7. The molecule has 0 aliphatic carbocycles. The quantitative estimate of drug-likeness (QED) is 0.810. The molecule has 1 N–H and O–H groups in total. The van der Waals surface area contributed by atoms with Gasteiger partial charge in [-0.2, -0.15) is 0 Å². The van der Waals surface area contributed by atoms with Gasteiger partial charge in [0.05, 0.1) is 6.61 Å². The predicted octanol–water partition coefficient (Wildman–Crippen LogP) is 2.21. The van der Waals surface area contributed by atoms with E-state index in [0.717, 1.165) is 6.07 Å². The van der Waals surface area contributed by atoms with Gasteiger partial charge in [0.25, 0.3) is 6.43 Å². The number of aromatic nitrogens is 1. The highest BCUT2D eigenvalue weighted by atomic mass is 19.3. The van der Waals surface area contributed by atoms with Crippen LogP contribution in [0.4, 0.5) is 8.78 Å². The first-order chi connectivity index (χ1) is 7.47. The average molecular weight is 231 g/mol. The second kappa shape index (κ2) is 4.87. The molecule has 1 aromatic rings. The van der Waals surface area contributed by atoms with Crippen LogP contribution in [-0.2, 0) is 4.74 Å². The van der Waals surface area contributed by atoms with Crippen molar-refractivity contribution in [3.8, 4) is 5.75 Å². The Hall–Kier alpha value is -1.72. The maximum Gasteiger partial charge on any atom is 0.360 e. The fraction of sp³-hybridized carbons (Fsp3) is 0.400. The number of ether oxygens (including phenoxy) is 1. The summed E-state index contributed by atoms with van der Waals surface area (Å²) in [6.07, 6.45) is -2.80. The summed E-state index contributed by atoms with van der Waals surface area (Å²) in [6, 6.07) is 1.07. The summed E-state index contributed by atoms with van der Waals surface area (Å²) in [5.74, 6) is -1.37. The molecular weight excluding hydrogens is 220 g/mol. The summed E-state index contributed by atoms with van der Waals surface area (Å²) in [6.45, 7) is 3.03. The van der Waals surface area contributed by atoms with Crippen LogP contribution in [0, 0.1) is 6.92 Å². The molecule has 0 bridgehead atoms. The minimum Gasteiger partial charge on any atom is -0.505 e. The van der Waals surface area contributed by atoms with E-state index in [4.69, 9.17) is 0 Å². The Kier molecular flexibility index (Phi) is 3.76. The van der Waals surface area contributed by atoms with Crippen LogP contribution in [0.15, 0.2) is 6.07 Å². The van der Waals surface area contributed by atoms with Gasteiger partial charge in [-0.1, -0.05) is 0 Å². The summed E-state index contributed by atoms with van der Waals surface area (Å²) in [5.41, 5.74) is -0.885. The van der Waals surface area contributed by atoms with Gasteiger partial charge in [-0.05, 0) is 25.5 Å². The number of pyridine rings is 1. The van der Waals surface area contributed by atoms with Crippen molar-refractivity contribution in [2.75, 3.05) is 6.61 Å². The smallest absolute Gasteiger partial charge is 0.360 e. The Balaban J connectivity index is 3.19. The van der Waals surface area contributed by atoms with E-state index in [0.29, 0.717) is 0 Å². The third-order valence-corrected chi connectivity index (χ3v) is 1.91. The highest BCUT2D eigenvalue weighted by molar-refractivity contribution is 5.90. The van der Waals surface area contributed by atoms with Crippen LogP contribution >= 0.6 is 0 Å². The Morgan fingerprint density at radius 1 is 1.62 bits per heavy atom. The third kappa shape index (κ3) is 2.44. The molecule has 4 nitrogen and oxygen atoms in total. The largest absolute Gasteiger partial charge is 0.505 e. The van der Waals surface area contributed by atoms with Crippen molar-refractivity contribution >= 4 is 5.97 Å². The zero-order chi connectivity index (χ0) is 12.3. The molecule has 6 heteroatoms. The minimum absolute atomic E-state index is 0.0812. The SMILES string of the molecule is CCOC(=O)c1nc(C(F)F)c(C)cc1O. The molecule has 0 unspecified atom stereocenters. The van der Waals surface area contributed by atoms with Crippen molar-refractivity contribution in [2.45, 2.75) is 20.3 Å². The lowest BCUT2D eigenvalue weighted by atomic mass is 10.2. The van der Waals surface area contributed by atoms with E-state index in [1.807, 2.05) is 0 Å². The molecule has 0 radical (unpaired) electrons. The number of hydrogen-bond acceptors (Lipinski definition) is 4. The molecule has 0 saturated heterocycles.